The maximum atomic E-state index is 11.8. The molecule has 1 aromatic carbocycles. The first-order valence-corrected chi connectivity index (χ1v) is 6.26. The number of aliphatic carboxylic acids is 1. The second-order valence-corrected chi connectivity index (χ2v) is 4.25. The van der Waals surface area contributed by atoms with Gasteiger partial charge in [0.05, 0.1) is 0 Å². The van der Waals surface area contributed by atoms with Gasteiger partial charge in [-0.15, -0.1) is 0 Å². The van der Waals surface area contributed by atoms with Crippen molar-refractivity contribution < 1.29 is 14.7 Å². The lowest BCUT2D eigenvalue weighted by atomic mass is 10.1. The number of benzene rings is 1. The number of hydrogen-bond acceptors (Lipinski definition) is 4. The number of carbonyl (C=O) groups is 2. The second kappa shape index (κ2) is 6.99. The minimum atomic E-state index is -1.11. The molecule has 0 aliphatic heterocycles. The number of hydrogen-bond donors (Lipinski definition) is 3. The molecular formula is C14H14N4O3. The van der Waals surface area contributed by atoms with Crippen molar-refractivity contribution in [2.75, 3.05) is 5.32 Å². The second-order valence-electron chi connectivity index (χ2n) is 4.25. The van der Waals surface area contributed by atoms with E-state index in [-0.39, 0.29) is 12.4 Å². The van der Waals surface area contributed by atoms with E-state index in [4.69, 9.17) is 0 Å². The smallest absolute Gasteiger partial charge is 0.326 e. The van der Waals surface area contributed by atoms with Crippen molar-refractivity contribution in [3.05, 3.63) is 54.4 Å². The van der Waals surface area contributed by atoms with E-state index in [0.29, 0.717) is 0 Å². The van der Waals surface area contributed by atoms with Gasteiger partial charge < -0.3 is 10.4 Å². The fourth-order valence-electron chi connectivity index (χ4n) is 1.71. The highest BCUT2D eigenvalue weighted by Crippen LogP contribution is 2.04. The highest BCUT2D eigenvalue weighted by molar-refractivity contribution is 5.90. The summed E-state index contributed by atoms with van der Waals surface area (Å²) < 4.78 is 0. The molecule has 0 aliphatic rings. The van der Waals surface area contributed by atoms with Crippen LogP contribution in [0.15, 0.2) is 48.8 Å². The maximum Gasteiger partial charge on any atom is 0.326 e. The zero-order chi connectivity index (χ0) is 15.1. The van der Waals surface area contributed by atoms with E-state index in [1.54, 1.807) is 18.2 Å². The van der Waals surface area contributed by atoms with E-state index in [2.05, 4.69) is 20.6 Å². The highest BCUT2D eigenvalue weighted by Gasteiger charge is 2.20. The van der Waals surface area contributed by atoms with E-state index < -0.39 is 18.0 Å². The Balaban J connectivity index is 1.96. The summed E-state index contributed by atoms with van der Waals surface area (Å²) in [5, 5.41) is 13.9. The van der Waals surface area contributed by atoms with Gasteiger partial charge in [0.2, 0.25) is 5.95 Å². The Hall–Kier alpha value is -2.96. The summed E-state index contributed by atoms with van der Waals surface area (Å²) in [4.78, 5) is 30.6. The van der Waals surface area contributed by atoms with Crippen LogP contribution in [0.4, 0.5) is 10.7 Å². The maximum absolute atomic E-state index is 11.8. The van der Waals surface area contributed by atoms with Crippen molar-refractivity contribution >= 4 is 17.9 Å². The molecule has 2 aromatic rings. The van der Waals surface area contributed by atoms with Crippen LogP contribution in [0.2, 0.25) is 0 Å². The van der Waals surface area contributed by atoms with Crippen LogP contribution in [0.1, 0.15) is 5.56 Å². The summed E-state index contributed by atoms with van der Waals surface area (Å²) in [5.74, 6) is -0.998. The third-order valence-electron chi connectivity index (χ3n) is 2.68. The van der Waals surface area contributed by atoms with Gasteiger partial charge in [-0.25, -0.2) is 19.6 Å². The summed E-state index contributed by atoms with van der Waals surface area (Å²) in [6, 6.07) is 8.98. The lowest BCUT2D eigenvalue weighted by Crippen LogP contribution is -2.44. The molecule has 0 bridgehead atoms. The number of amides is 2. The molecule has 3 N–H and O–H groups in total. The number of anilines is 1. The van der Waals surface area contributed by atoms with Gasteiger partial charge in [-0.2, -0.15) is 0 Å². The fraction of sp³-hybridized carbons (Fsp3) is 0.143. The summed E-state index contributed by atoms with van der Waals surface area (Å²) >= 11 is 0. The van der Waals surface area contributed by atoms with Gasteiger partial charge in [0.15, 0.2) is 0 Å². The normalized spacial score (nSPS) is 11.4. The Morgan fingerprint density at radius 2 is 1.76 bits per heavy atom. The number of aromatic nitrogens is 2. The number of carboxylic acid groups (broad SMARTS) is 1. The average molecular weight is 286 g/mol. The molecule has 0 saturated carbocycles. The standard InChI is InChI=1S/C14H14N4O3/c19-12(20)11(9-10-5-2-1-3-6-10)17-14(21)18-13-15-7-4-8-16-13/h1-8,11H,9H2,(H,19,20)(H2,15,16,17,18,21)/t11-/m0/s1. The molecule has 0 aliphatic carbocycles. The van der Waals surface area contributed by atoms with Crippen molar-refractivity contribution in [1.29, 1.82) is 0 Å². The first-order chi connectivity index (χ1) is 10.1. The van der Waals surface area contributed by atoms with Crippen LogP contribution in [0.25, 0.3) is 0 Å². The Morgan fingerprint density at radius 3 is 2.38 bits per heavy atom. The average Bonchev–Trinajstić information content (AvgIpc) is 2.48. The van der Waals surface area contributed by atoms with Gasteiger partial charge >= 0.3 is 12.0 Å². The summed E-state index contributed by atoms with van der Waals surface area (Å²) in [7, 11) is 0. The van der Waals surface area contributed by atoms with Gasteiger partial charge in [-0.1, -0.05) is 30.3 Å². The molecule has 108 valence electrons. The minimum Gasteiger partial charge on any atom is -0.480 e. The zero-order valence-corrected chi connectivity index (χ0v) is 11.1. The van der Waals surface area contributed by atoms with Gasteiger partial charge in [0.1, 0.15) is 6.04 Å². The number of nitrogens with one attached hydrogen (secondary N) is 2. The Bertz CT molecular complexity index is 604. The Labute approximate surface area is 121 Å². The molecule has 7 heteroatoms. The van der Waals surface area contributed by atoms with Crippen LogP contribution < -0.4 is 10.6 Å². The number of rotatable bonds is 5. The largest absolute Gasteiger partial charge is 0.480 e. The lowest BCUT2D eigenvalue weighted by molar-refractivity contribution is -0.139. The van der Waals surface area contributed by atoms with Gasteiger partial charge in [-0.3, -0.25) is 5.32 Å². The third-order valence-corrected chi connectivity index (χ3v) is 2.68. The highest BCUT2D eigenvalue weighted by atomic mass is 16.4. The molecule has 2 amide bonds. The first kappa shape index (κ1) is 14.4. The molecular weight excluding hydrogens is 272 g/mol. The lowest BCUT2D eigenvalue weighted by Gasteiger charge is -2.14. The Kier molecular flexibility index (Phi) is 4.81. The molecule has 0 saturated heterocycles. The molecule has 21 heavy (non-hydrogen) atoms. The quantitative estimate of drug-likeness (QED) is 0.768. The van der Waals surface area contributed by atoms with Gasteiger partial charge in [0, 0.05) is 18.8 Å². The topological polar surface area (TPSA) is 104 Å². The molecule has 0 fully saturated rings. The molecule has 7 nitrogen and oxygen atoms in total. The molecule has 1 heterocycles. The summed E-state index contributed by atoms with van der Waals surface area (Å²) in [5.41, 5.74) is 0.821. The Morgan fingerprint density at radius 1 is 1.10 bits per heavy atom. The number of nitrogens with zero attached hydrogens (tertiary/aromatic N) is 2. The zero-order valence-electron chi connectivity index (χ0n) is 11.1. The molecule has 0 unspecified atom stereocenters. The first-order valence-electron chi connectivity index (χ1n) is 6.26. The molecule has 2 rings (SSSR count). The predicted octanol–water partition coefficient (Wildman–Crippen LogP) is 1.29. The monoisotopic (exact) mass is 286 g/mol. The number of carboxylic acids is 1. The molecule has 0 spiro atoms. The van der Waals surface area contributed by atoms with E-state index in [1.165, 1.54) is 12.4 Å². The summed E-state index contributed by atoms with van der Waals surface area (Å²) in [6.07, 6.45) is 3.14. The van der Waals surface area contributed by atoms with E-state index >= 15 is 0 Å². The SMILES string of the molecule is O=C(Nc1ncccn1)N[C@@H](Cc1ccccc1)C(=O)O. The van der Waals surface area contributed by atoms with Crippen molar-refractivity contribution in [1.82, 2.24) is 15.3 Å². The van der Waals surface area contributed by atoms with Gasteiger partial charge in [-0.05, 0) is 11.6 Å². The van der Waals surface area contributed by atoms with E-state index in [1.807, 2.05) is 18.2 Å². The van der Waals surface area contributed by atoms with Crippen molar-refractivity contribution in [2.45, 2.75) is 12.5 Å². The van der Waals surface area contributed by atoms with Gasteiger partial charge in [0.25, 0.3) is 0 Å². The fourth-order valence-corrected chi connectivity index (χ4v) is 1.71. The van der Waals surface area contributed by atoms with Crippen LogP contribution in [0.5, 0.6) is 0 Å². The summed E-state index contributed by atoms with van der Waals surface area (Å²) in [6.45, 7) is 0. The van der Waals surface area contributed by atoms with Crippen molar-refractivity contribution in [2.24, 2.45) is 0 Å². The minimum absolute atomic E-state index is 0.110. The van der Waals surface area contributed by atoms with Crippen LogP contribution in [-0.2, 0) is 11.2 Å². The van der Waals surface area contributed by atoms with Crippen LogP contribution in [0.3, 0.4) is 0 Å². The molecule has 1 aromatic heterocycles. The third kappa shape index (κ3) is 4.57. The van der Waals surface area contributed by atoms with Crippen molar-refractivity contribution in [3.63, 3.8) is 0 Å². The van der Waals surface area contributed by atoms with Crippen LogP contribution >= 0.6 is 0 Å². The molecule has 0 radical (unpaired) electrons. The predicted molar refractivity (Wildman–Crippen MR) is 75.8 cm³/mol. The molecule has 1 atom stereocenters. The van der Waals surface area contributed by atoms with Crippen LogP contribution in [0, 0.1) is 0 Å². The van der Waals surface area contributed by atoms with Crippen LogP contribution in [-0.4, -0.2) is 33.1 Å². The number of carbonyl (C=O) groups excluding carboxylic acids is 1. The van der Waals surface area contributed by atoms with E-state index in [9.17, 15) is 14.7 Å². The van der Waals surface area contributed by atoms with E-state index in [0.717, 1.165) is 5.56 Å². The number of urea groups is 1. The van der Waals surface area contributed by atoms with Crippen molar-refractivity contribution in [3.8, 4) is 0 Å².